The molecule has 1 aliphatic heterocycles. The zero-order chi connectivity index (χ0) is 12.7. The number of rotatable bonds is 1. The van der Waals surface area contributed by atoms with Crippen LogP contribution in [0.3, 0.4) is 0 Å². The lowest BCUT2D eigenvalue weighted by Gasteiger charge is -2.07. The monoisotopic (exact) mass is 257 g/mol. The first kappa shape index (κ1) is 11.3. The summed E-state index contributed by atoms with van der Waals surface area (Å²) in [4.78, 5) is 11.6. The number of halogens is 1. The molecule has 3 rings (SSSR count). The molecule has 0 saturated carbocycles. The molecular formula is C15H12ClNO. The third kappa shape index (κ3) is 1.70. The maximum atomic E-state index is 11.6. The smallest absolute Gasteiger partial charge is 0.231 e. The summed E-state index contributed by atoms with van der Waals surface area (Å²) in [6, 6.07) is 13.7. The van der Waals surface area contributed by atoms with Crippen LogP contribution in [-0.2, 0) is 4.79 Å². The van der Waals surface area contributed by atoms with Gasteiger partial charge in [0.15, 0.2) is 0 Å². The number of anilines is 1. The molecule has 0 bridgehead atoms. The summed E-state index contributed by atoms with van der Waals surface area (Å²) >= 11 is 6.19. The van der Waals surface area contributed by atoms with Crippen LogP contribution in [0.1, 0.15) is 18.4 Å². The molecule has 0 aliphatic carbocycles. The third-order valence-corrected chi connectivity index (χ3v) is 3.68. The molecule has 0 spiro atoms. The topological polar surface area (TPSA) is 29.1 Å². The Morgan fingerprint density at radius 3 is 2.72 bits per heavy atom. The van der Waals surface area contributed by atoms with Gasteiger partial charge in [-0.1, -0.05) is 35.9 Å². The van der Waals surface area contributed by atoms with Crippen LogP contribution in [-0.4, -0.2) is 5.91 Å². The fraction of sp³-hybridized carbons (Fsp3) is 0.133. The lowest BCUT2D eigenvalue weighted by atomic mass is 9.97. The number of hydrogen-bond donors (Lipinski definition) is 1. The van der Waals surface area contributed by atoms with Crippen molar-refractivity contribution in [1.29, 1.82) is 0 Å². The van der Waals surface area contributed by atoms with Gasteiger partial charge in [-0.25, -0.2) is 0 Å². The van der Waals surface area contributed by atoms with Crippen molar-refractivity contribution < 1.29 is 4.79 Å². The molecule has 0 fully saturated rings. The van der Waals surface area contributed by atoms with Crippen molar-refractivity contribution in [3.63, 3.8) is 0 Å². The molecule has 1 atom stereocenters. The highest BCUT2D eigenvalue weighted by molar-refractivity contribution is 6.33. The maximum Gasteiger partial charge on any atom is 0.231 e. The van der Waals surface area contributed by atoms with Crippen LogP contribution in [0.4, 0.5) is 5.69 Å². The average molecular weight is 258 g/mol. The minimum Gasteiger partial charge on any atom is -0.325 e. The summed E-state index contributed by atoms with van der Waals surface area (Å²) in [5.41, 5.74) is 3.98. The number of carbonyl (C=O) groups excluding carboxylic acids is 1. The summed E-state index contributed by atoms with van der Waals surface area (Å²) in [7, 11) is 0. The van der Waals surface area contributed by atoms with E-state index in [9.17, 15) is 4.79 Å². The van der Waals surface area contributed by atoms with E-state index in [1.165, 1.54) is 0 Å². The van der Waals surface area contributed by atoms with Crippen molar-refractivity contribution in [2.75, 3.05) is 5.32 Å². The van der Waals surface area contributed by atoms with E-state index in [0.29, 0.717) is 0 Å². The number of hydrogen-bond acceptors (Lipinski definition) is 1. The van der Waals surface area contributed by atoms with Gasteiger partial charge in [0, 0.05) is 16.3 Å². The summed E-state index contributed by atoms with van der Waals surface area (Å²) in [5.74, 6) is -0.0382. The van der Waals surface area contributed by atoms with E-state index >= 15 is 0 Å². The number of fused-ring (bicyclic) bond motifs is 1. The molecular weight excluding hydrogens is 246 g/mol. The minimum atomic E-state index is -0.0950. The van der Waals surface area contributed by atoms with Crippen molar-refractivity contribution >= 4 is 23.2 Å². The zero-order valence-corrected chi connectivity index (χ0v) is 10.7. The fourth-order valence-corrected chi connectivity index (χ4v) is 2.52. The molecule has 1 aliphatic rings. The van der Waals surface area contributed by atoms with Crippen LogP contribution >= 0.6 is 11.6 Å². The molecule has 3 heteroatoms. The molecule has 1 heterocycles. The van der Waals surface area contributed by atoms with Crippen LogP contribution in [0.2, 0.25) is 5.02 Å². The molecule has 2 nitrogen and oxygen atoms in total. The maximum absolute atomic E-state index is 11.6. The van der Waals surface area contributed by atoms with Gasteiger partial charge in [0.25, 0.3) is 0 Å². The van der Waals surface area contributed by atoms with Gasteiger partial charge in [0.05, 0.1) is 5.92 Å². The second-order valence-electron chi connectivity index (χ2n) is 4.49. The Balaban J connectivity index is 2.12. The Hall–Kier alpha value is -1.80. The molecule has 90 valence electrons. The molecule has 2 aromatic carbocycles. The number of carbonyl (C=O) groups is 1. The largest absolute Gasteiger partial charge is 0.325 e. The zero-order valence-electron chi connectivity index (χ0n) is 9.91. The van der Waals surface area contributed by atoms with Gasteiger partial charge in [-0.2, -0.15) is 0 Å². The normalized spacial score (nSPS) is 17.4. The van der Waals surface area contributed by atoms with Crippen LogP contribution < -0.4 is 5.32 Å². The van der Waals surface area contributed by atoms with E-state index in [-0.39, 0.29) is 11.8 Å². The quantitative estimate of drug-likeness (QED) is 0.820. The first-order valence-corrected chi connectivity index (χ1v) is 6.24. The van der Waals surface area contributed by atoms with E-state index in [1.54, 1.807) is 0 Å². The van der Waals surface area contributed by atoms with Crippen molar-refractivity contribution in [1.82, 2.24) is 0 Å². The van der Waals surface area contributed by atoms with Crippen LogP contribution in [0.25, 0.3) is 11.1 Å². The van der Waals surface area contributed by atoms with Crippen LogP contribution in [0, 0.1) is 0 Å². The van der Waals surface area contributed by atoms with Crippen molar-refractivity contribution in [2.45, 2.75) is 12.8 Å². The van der Waals surface area contributed by atoms with Crippen LogP contribution in [0.5, 0.6) is 0 Å². The van der Waals surface area contributed by atoms with Gasteiger partial charge < -0.3 is 5.32 Å². The van der Waals surface area contributed by atoms with E-state index in [0.717, 1.165) is 27.4 Å². The van der Waals surface area contributed by atoms with Gasteiger partial charge in [-0.05, 0) is 36.2 Å². The Kier molecular flexibility index (Phi) is 2.60. The highest BCUT2D eigenvalue weighted by Crippen LogP contribution is 2.37. The summed E-state index contributed by atoms with van der Waals surface area (Å²) in [6.07, 6.45) is 0. The molecule has 0 aromatic heterocycles. The lowest BCUT2D eigenvalue weighted by molar-refractivity contribution is -0.116. The molecule has 2 aromatic rings. The van der Waals surface area contributed by atoms with E-state index in [1.807, 2.05) is 49.4 Å². The highest BCUT2D eigenvalue weighted by atomic mass is 35.5. The second kappa shape index (κ2) is 4.14. The molecule has 0 radical (unpaired) electrons. The van der Waals surface area contributed by atoms with E-state index in [2.05, 4.69) is 5.32 Å². The third-order valence-electron chi connectivity index (χ3n) is 3.35. The molecule has 1 N–H and O–H groups in total. The van der Waals surface area contributed by atoms with Crippen LogP contribution in [0.15, 0.2) is 42.5 Å². The first-order valence-electron chi connectivity index (χ1n) is 5.86. The van der Waals surface area contributed by atoms with E-state index in [4.69, 9.17) is 11.6 Å². The SMILES string of the molecule is CC1C(=O)Nc2ccc(-c3ccccc3Cl)cc21. The molecule has 1 unspecified atom stereocenters. The molecule has 18 heavy (non-hydrogen) atoms. The number of benzene rings is 2. The van der Waals surface area contributed by atoms with Crippen molar-refractivity contribution in [3.8, 4) is 11.1 Å². The van der Waals surface area contributed by atoms with Gasteiger partial charge in [0.2, 0.25) is 5.91 Å². The van der Waals surface area contributed by atoms with Gasteiger partial charge >= 0.3 is 0 Å². The average Bonchev–Trinajstić information content (AvgIpc) is 2.66. The Morgan fingerprint density at radius 2 is 1.94 bits per heavy atom. The predicted molar refractivity (Wildman–Crippen MR) is 73.9 cm³/mol. The second-order valence-corrected chi connectivity index (χ2v) is 4.90. The Morgan fingerprint density at radius 1 is 1.17 bits per heavy atom. The fourth-order valence-electron chi connectivity index (χ4n) is 2.28. The molecule has 0 saturated heterocycles. The first-order chi connectivity index (χ1) is 8.66. The van der Waals surface area contributed by atoms with E-state index < -0.39 is 0 Å². The van der Waals surface area contributed by atoms with Gasteiger partial charge in [-0.3, -0.25) is 4.79 Å². The standard InChI is InChI=1S/C15H12ClNO/c1-9-12-8-10(6-7-14(12)17-15(9)18)11-4-2-3-5-13(11)16/h2-9H,1H3,(H,17,18). The number of nitrogens with one attached hydrogen (secondary N) is 1. The lowest BCUT2D eigenvalue weighted by Crippen LogP contribution is -2.08. The summed E-state index contributed by atoms with van der Waals surface area (Å²) < 4.78 is 0. The summed E-state index contributed by atoms with van der Waals surface area (Å²) in [6.45, 7) is 1.91. The number of amides is 1. The van der Waals surface area contributed by atoms with Gasteiger partial charge in [0.1, 0.15) is 0 Å². The van der Waals surface area contributed by atoms with Crippen molar-refractivity contribution in [3.05, 3.63) is 53.1 Å². The van der Waals surface area contributed by atoms with Gasteiger partial charge in [-0.15, -0.1) is 0 Å². The van der Waals surface area contributed by atoms with Crippen molar-refractivity contribution in [2.24, 2.45) is 0 Å². The minimum absolute atomic E-state index is 0.0568. The predicted octanol–water partition coefficient (Wildman–Crippen LogP) is 4.06. The molecule has 1 amide bonds. The Bertz CT molecular complexity index is 636. The summed E-state index contributed by atoms with van der Waals surface area (Å²) in [5, 5.41) is 3.59. The Labute approximate surface area is 111 Å². The highest BCUT2D eigenvalue weighted by Gasteiger charge is 2.26.